The van der Waals surface area contributed by atoms with Crippen LogP contribution in [0.1, 0.15) is 13.3 Å². The molecular formula is C8H14N2O. The molecule has 0 aromatic heterocycles. The van der Waals surface area contributed by atoms with E-state index in [0.29, 0.717) is 12.1 Å². The highest BCUT2D eigenvalue weighted by molar-refractivity contribution is 5.74. The third-order valence-corrected chi connectivity index (χ3v) is 2.92. The number of carbonyl (C=O) groups excluding carboxylic acids is 1. The first kappa shape index (κ1) is 7.10. The van der Waals surface area contributed by atoms with Crippen molar-refractivity contribution in [3.8, 4) is 0 Å². The standard InChI is InChI=1S/C8H14N2O/c1-6(11)10-5-7-3-8(10)4-9(7)2/h7-8H,3-5H2,1-2H3/t7-,8?/m0/s1. The smallest absolute Gasteiger partial charge is 0.219 e. The predicted octanol–water partition coefficient (Wildman–Crippen LogP) is -0.0788. The minimum absolute atomic E-state index is 0.241. The Kier molecular flexibility index (Phi) is 1.42. The molecule has 2 aliphatic rings. The van der Waals surface area contributed by atoms with Gasteiger partial charge in [0.15, 0.2) is 0 Å². The maximum atomic E-state index is 11.0. The average Bonchev–Trinajstić information content (AvgIpc) is 2.43. The molecule has 11 heavy (non-hydrogen) atoms. The van der Waals surface area contributed by atoms with E-state index in [1.807, 2.05) is 4.90 Å². The SMILES string of the molecule is CC(=O)N1C[C@@H]2CC1CN2C. The van der Waals surface area contributed by atoms with Gasteiger partial charge in [-0.25, -0.2) is 0 Å². The molecule has 62 valence electrons. The Balaban J connectivity index is 2.08. The first-order valence-corrected chi connectivity index (χ1v) is 4.16. The summed E-state index contributed by atoms with van der Waals surface area (Å²) in [6.45, 7) is 3.70. The molecule has 2 heterocycles. The van der Waals surface area contributed by atoms with Gasteiger partial charge in [0.25, 0.3) is 0 Å². The molecule has 2 saturated heterocycles. The molecule has 0 spiro atoms. The van der Waals surface area contributed by atoms with Crippen molar-refractivity contribution in [3.63, 3.8) is 0 Å². The highest BCUT2D eigenvalue weighted by atomic mass is 16.2. The zero-order valence-corrected chi connectivity index (χ0v) is 7.08. The molecule has 2 bridgehead atoms. The topological polar surface area (TPSA) is 23.6 Å². The lowest BCUT2D eigenvalue weighted by molar-refractivity contribution is -0.130. The second-order valence-electron chi connectivity index (χ2n) is 3.65. The predicted molar refractivity (Wildman–Crippen MR) is 42.2 cm³/mol. The lowest BCUT2D eigenvalue weighted by atomic mass is 10.2. The number of likely N-dealkylation sites (tertiary alicyclic amines) is 2. The number of carbonyl (C=O) groups is 1. The van der Waals surface area contributed by atoms with Crippen molar-refractivity contribution >= 4 is 5.91 Å². The van der Waals surface area contributed by atoms with Crippen molar-refractivity contribution < 1.29 is 4.79 Å². The van der Waals surface area contributed by atoms with Crippen LogP contribution in [0.3, 0.4) is 0 Å². The van der Waals surface area contributed by atoms with E-state index in [9.17, 15) is 4.79 Å². The van der Waals surface area contributed by atoms with Gasteiger partial charge in [-0.15, -0.1) is 0 Å². The lowest BCUT2D eigenvalue weighted by Crippen LogP contribution is -2.46. The van der Waals surface area contributed by atoms with Crippen LogP contribution < -0.4 is 0 Å². The van der Waals surface area contributed by atoms with E-state index in [4.69, 9.17) is 0 Å². The molecule has 0 radical (unpaired) electrons. The van der Waals surface area contributed by atoms with Crippen molar-refractivity contribution in [2.45, 2.75) is 25.4 Å². The number of fused-ring (bicyclic) bond motifs is 2. The molecule has 0 aromatic rings. The fourth-order valence-corrected chi connectivity index (χ4v) is 2.25. The number of likely N-dealkylation sites (N-methyl/N-ethyl adjacent to an activating group) is 1. The second kappa shape index (κ2) is 2.21. The van der Waals surface area contributed by atoms with Gasteiger partial charge in [0, 0.05) is 32.1 Å². The molecule has 0 aromatic carbocycles. The molecule has 0 aliphatic carbocycles. The van der Waals surface area contributed by atoms with Gasteiger partial charge >= 0.3 is 0 Å². The summed E-state index contributed by atoms with van der Waals surface area (Å²) in [4.78, 5) is 15.4. The van der Waals surface area contributed by atoms with E-state index in [-0.39, 0.29) is 5.91 Å². The monoisotopic (exact) mass is 154 g/mol. The lowest BCUT2D eigenvalue weighted by Gasteiger charge is -2.31. The van der Waals surface area contributed by atoms with Gasteiger partial charge in [-0.05, 0) is 13.5 Å². The van der Waals surface area contributed by atoms with Crippen LogP contribution in [0.4, 0.5) is 0 Å². The first-order valence-electron chi connectivity index (χ1n) is 4.16. The Bertz CT molecular complexity index is 191. The average molecular weight is 154 g/mol. The Labute approximate surface area is 67.0 Å². The van der Waals surface area contributed by atoms with E-state index in [0.717, 1.165) is 13.1 Å². The zero-order chi connectivity index (χ0) is 8.01. The molecule has 2 aliphatic heterocycles. The van der Waals surface area contributed by atoms with Crippen LogP contribution in [0.2, 0.25) is 0 Å². The summed E-state index contributed by atoms with van der Waals surface area (Å²) < 4.78 is 0. The molecule has 0 N–H and O–H groups in total. The van der Waals surface area contributed by atoms with Crippen molar-refractivity contribution in [1.29, 1.82) is 0 Å². The number of rotatable bonds is 0. The summed E-state index contributed by atoms with van der Waals surface area (Å²) in [5.74, 6) is 0.241. The fourth-order valence-electron chi connectivity index (χ4n) is 2.25. The minimum atomic E-state index is 0.241. The molecular weight excluding hydrogens is 140 g/mol. The zero-order valence-electron chi connectivity index (χ0n) is 7.08. The summed E-state index contributed by atoms with van der Waals surface area (Å²) in [7, 11) is 2.14. The van der Waals surface area contributed by atoms with Gasteiger partial charge in [-0.2, -0.15) is 0 Å². The van der Waals surface area contributed by atoms with Gasteiger partial charge in [0.1, 0.15) is 0 Å². The Morgan fingerprint density at radius 1 is 1.36 bits per heavy atom. The number of hydrogen-bond acceptors (Lipinski definition) is 2. The van der Waals surface area contributed by atoms with Crippen LogP contribution in [0.5, 0.6) is 0 Å². The highest BCUT2D eigenvalue weighted by Crippen LogP contribution is 2.28. The van der Waals surface area contributed by atoms with E-state index < -0.39 is 0 Å². The number of amides is 1. The van der Waals surface area contributed by atoms with Crippen molar-refractivity contribution in [3.05, 3.63) is 0 Å². The van der Waals surface area contributed by atoms with E-state index in [2.05, 4.69) is 11.9 Å². The summed E-state index contributed by atoms with van der Waals surface area (Å²) in [6.07, 6.45) is 1.19. The van der Waals surface area contributed by atoms with Crippen molar-refractivity contribution in [2.75, 3.05) is 20.1 Å². The Morgan fingerprint density at radius 3 is 2.45 bits per heavy atom. The van der Waals surface area contributed by atoms with E-state index in [1.54, 1.807) is 6.92 Å². The molecule has 3 heteroatoms. The maximum Gasteiger partial charge on any atom is 0.219 e. The number of piperazine rings is 1. The van der Waals surface area contributed by atoms with Crippen LogP contribution in [0.15, 0.2) is 0 Å². The van der Waals surface area contributed by atoms with Crippen LogP contribution in [0, 0.1) is 0 Å². The third-order valence-electron chi connectivity index (χ3n) is 2.92. The van der Waals surface area contributed by atoms with Crippen LogP contribution in [-0.4, -0.2) is 47.9 Å². The molecule has 2 rings (SSSR count). The molecule has 3 nitrogen and oxygen atoms in total. The normalized spacial score (nSPS) is 36.7. The second-order valence-corrected chi connectivity index (χ2v) is 3.65. The van der Waals surface area contributed by atoms with Gasteiger partial charge in [-0.3, -0.25) is 9.69 Å². The molecule has 0 saturated carbocycles. The maximum absolute atomic E-state index is 11.0. The van der Waals surface area contributed by atoms with E-state index in [1.165, 1.54) is 6.42 Å². The molecule has 2 fully saturated rings. The van der Waals surface area contributed by atoms with Gasteiger partial charge in [0.2, 0.25) is 5.91 Å². The summed E-state index contributed by atoms with van der Waals surface area (Å²) in [5, 5.41) is 0. The third kappa shape index (κ3) is 0.948. The van der Waals surface area contributed by atoms with Crippen LogP contribution in [-0.2, 0) is 4.79 Å². The Hall–Kier alpha value is -0.570. The van der Waals surface area contributed by atoms with Crippen LogP contribution >= 0.6 is 0 Å². The van der Waals surface area contributed by atoms with Crippen molar-refractivity contribution in [2.24, 2.45) is 0 Å². The molecule has 1 amide bonds. The molecule has 1 unspecified atom stereocenters. The largest absolute Gasteiger partial charge is 0.337 e. The summed E-state index contributed by atoms with van der Waals surface area (Å²) >= 11 is 0. The fraction of sp³-hybridized carbons (Fsp3) is 0.875. The van der Waals surface area contributed by atoms with Gasteiger partial charge < -0.3 is 4.90 Å². The van der Waals surface area contributed by atoms with Crippen LogP contribution in [0.25, 0.3) is 0 Å². The Morgan fingerprint density at radius 2 is 2.09 bits per heavy atom. The first-order chi connectivity index (χ1) is 5.18. The van der Waals surface area contributed by atoms with E-state index >= 15 is 0 Å². The summed E-state index contributed by atoms with van der Waals surface area (Å²) in [5.41, 5.74) is 0. The quantitative estimate of drug-likeness (QED) is 0.487. The van der Waals surface area contributed by atoms with Gasteiger partial charge in [0.05, 0.1) is 0 Å². The van der Waals surface area contributed by atoms with Crippen molar-refractivity contribution in [1.82, 2.24) is 9.80 Å². The minimum Gasteiger partial charge on any atom is -0.337 e. The van der Waals surface area contributed by atoms with Gasteiger partial charge in [-0.1, -0.05) is 0 Å². The number of nitrogens with zero attached hydrogens (tertiary/aromatic N) is 2. The summed E-state index contributed by atoms with van der Waals surface area (Å²) in [6, 6.07) is 1.16. The highest BCUT2D eigenvalue weighted by Gasteiger charge is 2.42. The molecule has 2 atom stereocenters. The number of hydrogen-bond donors (Lipinski definition) is 0.